The number of benzene rings is 1. The van der Waals surface area contributed by atoms with Crippen molar-refractivity contribution in [3.05, 3.63) is 35.4 Å². The van der Waals surface area contributed by atoms with Crippen LogP contribution in [-0.2, 0) is 11.2 Å². The van der Waals surface area contributed by atoms with Crippen LogP contribution in [0.1, 0.15) is 37.3 Å². The van der Waals surface area contributed by atoms with Crippen LogP contribution < -0.4 is 5.73 Å². The van der Waals surface area contributed by atoms with Gasteiger partial charge in [-0.3, -0.25) is 4.79 Å². The van der Waals surface area contributed by atoms with Crippen molar-refractivity contribution in [2.24, 2.45) is 5.73 Å². The van der Waals surface area contributed by atoms with Crippen molar-refractivity contribution in [2.75, 3.05) is 19.6 Å². The van der Waals surface area contributed by atoms with E-state index >= 15 is 0 Å². The standard InChI is InChI=1S/C16H26N2O/c1-3-11-18(12-5-10-17)16(19)9-8-15-7-4-6-14(2)13-15/h4,6-7,13H,3,5,8-12,17H2,1-2H3. The molecule has 0 aliphatic carbocycles. The lowest BCUT2D eigenvalue weighted by atomic mass is 10.1. The first kappa shape index (κ1) is 15.7. The van der Waals surface area contributed by atoms with Crippen molar-refractivity contribution in [3.63, 3.8) is 0 Å². The van der Waals surface area contributed by atoms with Gasteiger partial charge in [0.1, 0.15) is 0 Å². The van der Waals surface area contributed by atoms with Crippen molar-refractivity contribution >= 4 is 5.91 Å². The molecule has 1 amide bonds. The molecule has 0 spiro atoms. The Morgan fingerprint density at radius 3 is 2.74 bits per heavy atom. The Labute approximate surface area is 116 Å². The van der Waals surface area contributed by atoms with Crippen LogP contribution >= 0.6 is 0 Å². The number of hydrogen-bond donors (Lipinski definition) is 1. The largest absolute Gasteiger partial charge is 0.343 e. The molecule has 1 aromatic rings. The quantitative estimate of drug-likeness (QED) is 0.782. The van der Waals surface area contributed by atoms with Crippen LogP contribution in [0.25, 0.3) is 0 Å². The molecule has 106 valence electrons. The van der Waals surface area contributed by atoms with Crippen LogP contribution in [-0.4, -0.2) is 30.4 Å². The second kappa shape index (κ2) is 8.70. The summed E-state index contributed by atoms with van der Waals surface area (Å²) in [6.45, 7) is 6.45. The molecule has 0 aromatic heterocycles. The Morgan fingerprint density at radius 2 is 2.11 bits per heavy atom. The zero-order chi connectivity index (χ0) is 14.1. The third-order valence-corrected chi connectivity index (χ3v) is 3.19. The van der Waals surface area contributed by atoms with Crippen LogP contribution in [0.3, 0.4) is 0 Å². The van der Waals surface area contributed by atoms with Crippen molar-refractivity contribution < 1.29 is 4.79 Å². The Bertz CT molecular complexity index is 390. The molecule has 0 aliphatic heterocycles. The normalized spacial score (nSPS) is 10.5. The van der Waals surface area contributed by atoms with Crippen LogP contribution in [0.4, 0.5) is 0 Å². The van der Waals surface area contributed by atoms with Crippen LogP contribution in [0.15, 0.2) is 24.3 Å². The molecule has 0 atom stereocenters. The molecule has 0 aliphatic rings. The van der Waals surface area contributed by atoms with Crippen molar-refractivity contribution in [1.29, 1.82) is 0 Å². The SMILES string of the molecule is CCCN(CCCN)C(=O)CCc1cccc(C)c1. The molecule has 2 N–H and O–H groups in total. The van der Waals surface area contributed by atoms with E-state index in [0.29, 0.717) is 13.0 Å². The molecule has 19 heavy (non-hydrogen) atoms. The molecule has 3 heteroatoms. The van der Waals surface area contributed by atoms with Gasteiger partial charge in [0.15, 0.2) is 0 Å². The summed E-state index contributed by atoms with van der Waals surface area (Å²) in [5, 5.41) is 0. The number of aryl methyl sites for hydroxylation is 2. The van der Waals surface area contributed by atoms with Crippen molar-refractivity contribution in [1.82, 2.24) is 4.90 Å². The van der Waals surface area contributed by atoms with Gasteiger partial charge in [-0.2, -0.15) is 0 Å². The van der Waals surface area contributed by atoms with Gasteiger partial charge in [0.2, 0.25) is 5.91 Å². The van der Waals surface area contributed by atoms with Gasteiger partial charge in [-0.1, -0.05) is 36.8 Å². The number of amides is 1. The molecule has 0 saturated heterocycles. The van der Waals surface area contributed by atoms with E-state index in [-0.39, 0.29) is 5.91 Å². The summed E-state index contributed by atoms with van der Waals surface area (Å²) in [6.07, 6.45) is 3.30. The highest BCUT2D eigenvalue weighted by molar-refractivity contribution is 5.76. The third kappa shape index (κ3) is 5.88. The maximum absolute atomic E-state index is 12.2. The van der Waals surface area contributed by atoms with Crippen LogP contribution in [0.5, 0.6) is 0 Å². The van der Waals surface area contributed by atoms with E-state index in [9.17, 15) is 4.79 Å². The van der Waals surface area contributed by atoms with E-state index in [1.807, 2.05) is 11.0 Å². The summed E-state index contributed by atoms with van der Waals surface area (Å²) >= 11 is 0. The van der Waals surface area contributed by atoms with Crippen LogP contribution in [0.2, 0.25) is 0 Å². The third-order valence-electron chi connectivity index (χ3n) is 3.19. The highest BCUT2D eigenvalue weighted by Crippen LogP contribution is 2.08. The fourth-order valence-corrected chi connectivity index (χ4v) is 2.19. The van der Waals surface area contributed by atoms with Gasteiger partial charge in [0, 0.05) is 19.5 Å². The minimum Gasteiger partial charge on any atom is -0.343 e. The number of rotatable bonds is 8. The lowest BCUT2D eigenvalue weighted by molar-refractivity contribution is -0.131. The molecule has 0 fully saturated rings. The fraction of sp³-hybridized carbons (Fsp3) is 0.562. The maximum atomic E-state index is 12.2. The second-order valence-corrected chi connectivity index (χ2v) is 5.01. The van der Waals surface area contributed by atoms with E-state index in [0.717, 1.165) is 32.4 Å². The highest BCUT2D eigenvalue weighted by atomic mass is 16.2. The monoisotopic (exact) mass is 262 g/mol. The van der Waals surface area contributed by atoms with Gasteiger partial charge >= 0.3 is 0 Å². The van der Waals surface area contributed by atoms with Gasteiger partial charge < -0.3 is 10.6 Å². The summed E-state index contributed by atoms with van der Waals surface area (Å²) in [5.41, 5.74) is 8.00. The van der Waals surface area contributed by atoms with Gasteiger partial charge in [-0.05, 0) is 38.3 Å². The number of carbonyl (C=O) groups is 1. The zero-order valence-corrected chi connectivity index (χ0v) is 12.2. The maximum Gasteiger partial charge on any atom is 0.222 e. The predicted octanol–water partition coefficient (Wildman–Crippen LogP) is 2.52. The summed E-state index contributed by atoms with van der Waals surface area (Å²) in [6, 6.07) is 8.37. The summed E-state index contributed by atoms with van der Waals surface area (Å²) in [4.78, 5) is 14.1. The first-order valence-corrected chi connectivity index (χ1v) is 7.20. The van der Waals surface area contributed by atoms with Crippen molar-refractivity contribution in [3.8, 4) is 0 Å². The molecule has 1 aromatic carbocycles. The lowest BCUT2D eigenvalue weighted by Gasteiger charge is -2.22. The summed E-state index contributed by atoms with van der Waals surface area (Å²) in [7, 11) is 0. The zero-order valence-electron chi connectivity index (χ0n) is 12.2. The minimum absolute atomic E-state index is 0.247. The average molecular weight is 262 g/mol. The number of nitrogens with zero attached hydrogens (tertiary/aromatic N) is 1. The molecule has 0 unspecified atom stereocenters. The van der Waals surface area contributed by atoms with E-state index in [4.69, 9.17) is 5.73 Å². The van der Waals surface area contributed by atoms with Gasteiger partial charge in [0.05, 0.1) is 0 Å². The molecule has 0 heterocycles. The molecule has 0 saturated carbocycles. The minimum atomic E-state index is 0.247. The number of carbonyl (C=O) groups excluding carboxylic acids is 1. The lowest BCUT2D eigenvalue weighted by Crippen LogP contribution is -2.33. The second-order valence-electron chi connectivity index (χ2n) is 5.01. The number of nitrogens with two attached hydrogens (primary N) is 1. The molecule has 3 nitrogen and oxygen atoms in total. The van der Waals surface area contributed by atoms with Gasteiger partial charge in [0.25, 0.3) is 0 Å². The van der Waals surface area contributed by atoms with Gasteiger partial charge in [-0.25, -0.2) is 0 Å². The Balaban J connectivity index is 2.47. The predicted molar refractivity (Wildman–Crippen MR) is 80.0 cm³/mol. The molecular weight excluding hydrogens is 236 g/mol. The Morgan fingerprint density at radius 1 is 1.32 bits per heavy atom. The molecule has 1 rings (SSSR count). The van der Waals surface area contributed by atoms with E-state index in [2.05, 4.69) is 32.0 Å². The molecular formula is C16H26N2O. The number of hydrogen-bond acceptors (Lipinski definition) is 2. The van der Waals surface area contributed by atoms with E-state index in [1.165, 1.54) is 11.1 Å². The summed E-state index contributed by atoms with van der Waals surface area (Å²) in [5.74, 6) is 0.247. The topological polar surface area (TPSA) is 46.3 Å². The molecule has 0 bridgehead atoms. The van der Waals surface area contributed by atoms with E-state index in [1.54, 1.807) is 0 Å². The van der Waals surface area contributed by atoms with E-state index < -0.39 is 0 Å². The fourth-order valence-electron chi connectivity index (χ4n) is 2.19. The van der Waals surface area contributed by atoms with Crippen LogP contribution in [0, 0.1) is 6.92 Å². The Kier molecular flexibility index (Phi) is 7.19. The first-order valence-electron chi connectivity index (χ1n) is 7.20. The molecule has 0 radical (unpaired) electrons. The van der Waals surface area contributed by atoms with Gasteiger partial charge in [-0.15, -0.1) is 0 Å². The summed E-state index contributed by atoms with van der Waals surface area (Å²) < 4.78 is 0. The highest BCUT2D eigenvalue weighted by Gasteiger charge is 2.11. The first-order chi connectivity index (χ1) is 9.17. The smallest absolute Gasteiger partial charge is 0.222 e. The van der Waals surface area contributed by atoms with Crippen molar-refractivity contribution in [2.45, 2.75) is 39.5 Å². The Hall–Kier alpha value is -1.35. The average Bonchev–Trinajstić information content (AvgIpc) is 2.41.